The molecule has 9 nitrogen and oxygen atoms in total. The third-order valence-corrected chi connectivity index (χ3v) is 7.24. The van der Waals surface area contributed by atoms with Crippen LogP contribution in [0.2, 0.25) is 0 Å². The number of benzene rings is 1. The van der Waals surface area contributed by atoms with Crippen LogP contribution in [0.4, 0.5) is 5.69 Å². The lowest BCUT2D eigenvalue weighted by molar-refractivity contribution is -0.119. The highest BCUT2D eigenvalue weighted by Crippen LogP contribution is 2.51. The molecular formula is C27H34N6O3. The second kappa shape index (κ2) is 9.89. The molecule has 2 aromatic heterocycles. The van der Waals surface area contributed by atoms with Gasteiger partial charge in [0, 0.05) is 23.1 Å². The fourth-order valence-corrected chi connectivity index (χ4v) is 5.28. The summed E-state index contributed by atoms with van der Waals surface area (Å²) in [5, 5.41) is 27.3. The fraction of sp³-hybridized carbons (Fsp3) is 0.481. The first-order valence-electron chi connectivity index (χ1n) is 12.8. The van der Waals surface area contributed by atoms with Crippen LogP contribution in [0.1, 0.15) is 54.5 Å². The molecule has 2 atom stereocenters. The standard InChI is InChI=1S/C27H34N6O3/c1-15(34)14-33-22(12-13-28-33)26(35)30-25(24(19-4-5-19)20-6-7-20)27(36)29-21-10-8-18(9-11-21)23-16(2)31-32-17(23)3/h8-13,15,19-20,24-25,34H,4-7,14H2,1-3H3,(H,29,36)(H,30,35)(H,31,32)/t15?,25-/m0/s1. The van der Waals surface area contributed by atoms with Crippen LogP contribution in [-0.2, 0) is 11.3 Å². The molecule has 190 valence electrons. The van der Waals surface area contributed by atoms with Gasteiger partial charge in [-0.2, -0.15) is 10.2 Å². The molecule has 1 unspecified atom stereocenters. The number of aryl methyl sites for hydroxylation is 2. The van der Waals surface area contributed by atoms with Crippen molar-refractivity contribution in [3.05, 3.63) is 53.6 Å². The first-order chi connectivity index (χ1) is 17.3. The van der Waals surface area contributed by atoms with Crippen LogP contribution in [0.5, 0.6) is 0 Å². The highest BCUT2D eigenvalue weighted by Gasteiger charge is 2.48. The molecule has 0 radical (unpaired) electrons. The van der Waals surface area contributed by atoms with Crippen LogP contribution in [0, 0.1) is 31.6 Å². The molecular weight excluding hydrogens is 456 g/mol. The number of rotatable bonds is 10. The van der Waals surface area contributed by atoms with Gasteiger partial charge in [-0.1, -0.05) is 12.1 Å². The molecule has 5 rings (SSSR count). The van der Waals surface area contributed by atoms with Gasteiger partial charge in [0.2, 0.25) is 5.91 Å². The lowest BCUT2D eigenvalue weighted by Gasteiger charge is -2.27. The molecule has 9 heteroatoms. The Labute approximate surface area is 210 Å². The number of hydrogen-bond acceptors (Lipinski definition) is 5. The Hall–Kier alpha value is -3.46. The Morgan fingerprint density at radius 3 is 2.33 bits per heavy atom. The van der Waals surface area contributed by atoms with Crippen LogP contribution >= 0.6 is 0 Å². The maximum Gasteiger partial charge on any atom is 0.270 e. The number of amides is 2. The van der Waals surface area contributed by atoms with Crippen LogP contribution in [0.15, 0.2) is 36.5 Å². The van der Waals surface area contributed by atoms with E-state index in [0.29, 0.717) is 23.2 Å². The van der Waals surface area contributed by atoms with Crippen LogP contribution in [-0.4, -0.2) is 49.0 Å². The Bertz CT molecular complexity index is 1210. The molecule has 1 aromatic carbocycles. The lowest BCUT2D eigenvalue weighted by Crippen LogP contribution is -2.50. The fourth-order valence-electron chi connectivity index (χ4n) is 5.28. The van der Waals surface area contributed by atoms with Gasteiger partial charge in [-0.3, -0.25) is 19.4 Å². The highest BCUT2D eigenvalue weighted by molar-refractivity contribution is 6.01. The maximum atomic E-state index is 13.6. The molecule has 2 aliphatic carbocycles. The zero-order valence-corrected chi connectivity index (χ0v) is 21.0. The van der Waals surface area contributed by atoms with Crippen LogP contribution in [0.3, 0.4) is 0 Å². The summed E-state index contributed by atoms with van der Waals surface area (Å²) in [7, 11) is 0. The number of anilines is 1. The Kier molecular flexibility index (Phi) is 6.66. The van der Waals surface area contributed by atoms with Crippen molar-refractivity contribution in [1.82, 2.24) is 25.3 Å². The van der Waals surface area contributed by atoms with Crippen molar-refractivity contribution in [3.63, 3.8) is 0 Å². The molecule has 0 bridgehead atoms. The third-order valence-electron chi connectivity index (χ3n) is 7.24. The Morgan fingerprint density at radius 2 is 1.78 bits per heavy atom. The minimum atomic E-state index is -0.640. The molecule has 0 saturated heterocycles. The van der Waals surface area contributed by atoms with Crippen molar-refractivity contribution in [3.8, 4) is 11.1 Å². The molecule has 36 heavy (non-hydrogen) atoms. The van der Waals surface area contributed by atoms with E-state index in [1.807, 2.05) is 38.1 Å². The van der Waals surface area contributed by atoms with Gasteiger partial charge in [0.25, 0.3) is 5.91 Å². The van der Waals surface area contributed by atoms with Crippen molar-refractivity contribution in [2.24, 2.45) is 17.8 Å². The molecule has 2 amide bonds. The van der Waals surface area contributed by atoms with E-state index >= 15 is 0 Å². The minimum absolute atomic E-state index is 0.123. The number of H-pyrrole nitrogens is 1. The summed E-state index contributed by atoms with van der Waals surface area (Å²) >= 11 is 0. The predicted molar refractivity (Wildman–Crippen MR) is 136 cm³/mol. The SMILES string of the molecule is Cc1n[nH]c(C)c1-c1ccc(NC(=O)[C@@H](NC(=O)c2ccnn2CC(C)O)C(C2CC2)C2CC2)cc1. The largest absolute Gasteiger partial charge is 0.391 e. The van der Waals surface area contributed by atoms with Gasteiger partial charge in [-0.05, 0) is 88.0 Å². The number of carbonyl (C=O) groups excluding carboxylic acids is 2. The second-order valence-electron chi connectivity index (χ2n) is 10.3. The van der Waals surface area contributed by atoms with E-state index in [2.05, 4.69) is 25.9 Å². The zero-order chi connectivity index (χ0) is 25.4. The normalized spacial score (nSPS) is 17.1. The number of aromatic nitrogens is 4. The highest BCUT2D eigenvalue weighted by atomic mass is 16.3. The average Bonchev–Trinajstić information content (AvgIpc) is 3.77. The van der Waals surface area contributed by atoms with Gasteiger partial charge in [0.1, 0.15) is 11.7 Å². The summed E-state index contributed by atoms with van der Waals surface area (Å²) in [6, 6.07) is 8.71. The van der Waals surface area contributed by atoms with E-state index in [0.717, 1.165) is 48.2 Å². The number of aromatic amines is 1. The van der Waals surface area contributed by atoms with E-state index in [1.54, 1.807) is 13.0 Å². The van der Waals surface area contributed by atoms with Crippen molar-refractivity contribution in [2.45, 2.75) is 65.1 Å². The first kappa shape index (κ1) is 24.2. The summed E-state index contributed by atoms with van der Waals surface area (Å²) in [6.45, 7) is 5.81. The summed E-state index contributed by atoms with van der Waals surface area (Å²) in [4.78, 5) is 26.9. The summed E-state index contributed by atoms with van der Waals surface area (Å²) in [5.74, 6) is 0.506. The Morgan fingerprint density at radius 1 is 1.11 bits per heavy atom. The van der Waals surface area contributed by atoms with Gasteiger partial charge in [0.15, 0.2) is 0 Å². The smallest absolute Gasteiger partial charge is 0.270 e. The number of carbonyl (C=O) groups is 2. The number of hydrogen-bond donors (Lipinski definition) is 4. The van der Waals surface area contributed by atoms with E-state index in [-0.39, 0.29) is 24.3 Å². The lowest BCUT2D eigenvalue weighted by atomic mass is 9.88. The van der Waals surface area contributed by atoms with Crippen molar-refractivity contribution in [2.75, 3.05) is 5.32 Å². The number of aliphatic hydroxyl groups is 1. The van der Waals surface area contributed by atoms with Gasteiger partial charge >= 0.3 is 0 Å². The van der Waals surface area contributed by atoms with E-state index in [1.165, 1.54) is 10.9 Å². The zero-order valence-electron chi connectivity index (χ0n) is 21.0. The monoisotopic (exact) mass is 490 g/mol. The van der Waals surface area contributed by atoms with Crippen molar-refractivity contribution in [1.29, 1.82) is 0 Å². The van der Waals surface area contributed by atoms with E-state index < -0.39 is 12.1 Å². The summed E-state index contributed by atoms with van der Waals surface area (Å²) in [5.41, 5.74) is 5.05. The van der Waals surface area contributed by atoms with E-state index in [4.69, 9.17) is 0 Å². The molecule has 2 heterocycles. The molecule has 3 aromatic rings. The summed E-state index contributed by atoms with van der Waals surface area (Å²) in [6.07, 6.45) is 5.28. The van der Waals surface area contributed by atoms with Crippen LogP contribution in [0.25, 0.3) is 11.1 Å². The second-order valence-corrected chi connectivity index (χ2v) is 10.3. The number of nitrogens with zero attached hydrogens (tertiary/aromatic N) is 3. The first-order valence-corrected chi connectivity index (χ1v) is 12.8. The van der Waals surface area contributed by atoms with E-state index in [9.17, 15) is 14.7 Å². The van der Waals surface area contributed by atoms with Gasteiger partial charge in [0.05, 0.1) is 18.3 Å². The number of nitrogens with one attached hydrogen (secondary N) is 3. The molecule has 0 spiro atoms. The Balaban J connectivity index is 1.35. The van der Waals surface area contributed by atoms with Gasteiger partial charge in [-0.25, -0.2) is 0 Å². The topological polar surface area (TPSA) is 125 Å². The molecule has 2 fully saturated rings. The van der Waals surface area contributed by atoms with Crippen LogP contribution < -0.4 is 10.6 Å². The minimum Gasteiger partial charge on any atom is -0.391 e. The molecule has 0 aliphatic heterocycles. The predicted octanol–water partition coefficient (Wildman–Crippen LogP) is 3.44. The van der Waals surface area contributed by atoms with Gasteiger partial charge < -0.3 is 15.7 Å². The molecule has 4 N–H and O–H groups in total. The third kappa shape index (κ3) is 5.21. The number of aliphatic hydroxyl groups excluding tert-OH is 1. The maximum absolute atomic E-state index is 13.6. The molecule has 2 aliphatic rings. The summed E-state index contributed by atoms with van der Waals surface area (Å²) < 4.78 is 1.48. The quantitative estimate of drug-likeness (QED) is 0.346. The van der Waals surface area contributed by atoms with Gasteiger partial charge in [-0.15, -0.1) is 0 Å². The molecule has 2 saturated carbocycles. The average molecular weight is 491 g/mol. The van der Waals surface area contributed by atoms with Crippen molar-refractivity contribution < 1.29 is 14.7 Å². The van der Waals surface area contributed by atoms with Crippen molar-refractivity contribution >= 4 is 17.5 Å².